The number of ether oxygens (including phenoxy) is 1. The number of phenolic OH excluding ortho intramolecular Hbond substituents is 1. The molecule has 0 heterocycles. The van der Waals surface area contributed by atoms with Gasteiger partial charge in [-0.25, -0.2) is 0 Å². The highest BCUT2D eigenvalue weighted by Gasteiger charge is 2.19. The van der Waals surface area contributed by atoms with Crippen molar-refractivity contribution in [3.63, 3.8) is 0 Å². The minimum Gasteiger partial charge on any atom is -0.507 e. The molecule has 0 bridgehead atoms. The van der Waals surface area contributed by atoms with Gasteiger partial charge in [-0.15, -0.1) is 0 Å². The summed E-state index contributed by atoms with van der Waals surface area (Å²) < 4.78 is 8.31. The van der Waals surface area contributed by atoms with Crippen LogP contribution in [0.3, 0.4) is 0 Å². The van der Waals surface area contributed by atoms with Gasteiger partial charge in [0.25, 0.3) is 0 Å². The highest BCUT2D eigenvalue weighted by atomic mass is 127. The highest BCUT2D eigenvalue weighted by molar-refractivity contribution is 14.1. The van der Waals surface area contributed by atoms with Crippen LogP contribution < -0.4 is 10.1 Å². The number of phenols is 1. The predicted molar refractivity (Wildman–Crippen MR) is 122 cm³/mol. The fraction of sp³-hybridized carbons (Fsp3) is 0.176. The molecule has 0 aromatic heterocycles. The molecule has 2 aromatic carbocycles. The molecule has 26 heavy (non-hydrogen) atoms. The van der Waals surface area contributed by atoms with Gasteiger partial charge in [0.15, 0.2) is 5.75 Å². The van der Waals surface area contributed by atoms with Gasteiger partial charge in [0.1, 0.15) is 23.8 Å². The zero-order chi connectivity index (χ0) is 19.3. The summed E-state index contributed by atoms with van der Waals surface area (Å²) in [5.41, 5.74) is 0.831. The van der Waals surface area contributed by atoms with Crippen molar-refractivity contribution in [3.8, 4) is 17.2 Å². The molecule has 0 saturated carbocycles. The van der Waals surface area contributed by atoms with Crippen LogP contribution in [0.25, 0.3) is 0 Å². The molecule has 0 radical (unpaired) electrons. The molecule has 0 saturated heterocycles. The number of aldehydes is 1. The third-order valence-corrected chi connectivity index (χ3v) is 5.85. The summed E-state index contributed by atoms with van der Waals surface area (Å²) in [5.74, 6) is 0.465. The summed E-state index contributed by atoms with van der Waals surface area (Å²) >= 11 is 6.31. The number of aliphatic carboxylic acids is 1. The van der Waals surface area contributed by atoms with Crippen LogP contribution >= 0.6 is 67.8 Å². The number of halogens is 3. The van der Waals surface area contributed by atoms with E-state index in [1.807, 2.05) is 34.7 Å². The van der Waals surface area contributed by atoms with E-state index >= 15 is 0 Å². The fourth-order valence-electron chi connectivity index (χ4n) is 2.17. The van der Waals surface area contributed by atoms with E-state index in [1.165, 1.54) is 0 Å². The number of carboxylic acid groups (broad SMARTS) is 1. The summed E-state index contributed by atoms with van der Waals surface area (Å²) in [4.78, 5) is 21.8. The topological polar surface area (TPSA) is 95.9 Å². The average Bonchev–Trinajstić information content (AvgIpc) is 2.57. The lowest BCUT2D eigenvalue weighted by Crippen LogP contribution is -2.39. The van der Waals surface area contributed by atoms with E-state index in [9.17, 15) is 19.8 Å². The number of carbonyl (C=O) groups is 2. The fourth-order valence-corrected chi connectivity index (χ4v) is 4.77. The zero-order valence-electron chi connectivity index (χ0n) is 13.2. The summed E-state index contributed by atoms with van der Waals surface area (Å²) in [6, 6.07) is 7.88. The van der Waals surface area contributed by atoms with Gasteiger partial charge in [-0.05, 0) is 110 Å². The molecule has 0 aliphatic rings. The Kier molecular flexibility index (Phi) is 8.35. The SMILES string of the molecule is O=CCNC(Cc1cc(I)c(Oc2ccc(O)c(I)c2)c(I)c1)C(=O)O. The molecular formula is C17H14I3NO5. The Balaban J connectivity index is 2.22. The molecule has 1 atom stereocenters. The van der Waals surface area contributed by atoms with Crippen molar-refractivity contribution >= 4 is 80.0 Å². The Bertz CT molecular complexity index is 805. The van der Waals surface area contributed by atoms with Crippen molar-refractivity contribution in [1.29, 1.82) is 0 Å². The summed E-state index contributed by atoms with van der Waals surface area (Å²) in [5, 5.41) is 21.6. The Morgan fingerprint density at radius 3 is 2.35 bits per heavy atom. The Labute approximate surface area is 191 Å². The maximum absolute atomic E-state index is 11.3. The van der Waals surface area contributed by atoms with E-state index in [1.54, 1.807) is 18.2 Å². The van der Waals surface area contributed by atoms with E-state index in [0.29, 0.717) is 21.4 Å². The summed E-state index contributed by atoms with van der Waals surface area (Å²) in [6.07, 6.45) is 0.895. The molecule has 0 spiro atoms. The Morgan fingerprint density at radius 1 is 1.15 bits per heavy atom. The first-order valence-electron chi connectivity index (χ1n) is 7.36. The van der Waals surface area contributed by atoms with Gasteiger partial charge in [0.05, 0.1) is 17.3 Å². The third kappa shape index (κ3) is 5.92. The molecule has 3 N–H and O–H groups in total. The highest BCUT2D eigenvalue weighted by Crippen LogP contribution is 2.35. The van der Waals surface area contributed by atoms with Gasteiger partial charge in [0.2, 0.25) is 0 Å². The third-order valence-electron chi connectivity index (χ3n) is 3.38. The van der Waals surface area contributed by atoms with Crippen molar-refractivity contribution in [2.24, 2.45) is 0 Å². The summed E-state index contributed by atoms with van der Waals surface area (Å²) in [6.45, 7) is -0.00810. The Hall–Kier alpha value is -0.670. The minimum absolute atomic E-state index is 0.00810. The lowest BCUT2D eigenvalue weighted by Gasteiger charge is -2.16. The molecule has 0 aliphatic carbocycles. The zero-order valence-corrected chi connectivity index (χ0v) is 19.7. The van der Waals surface area contributed by atoms with Crippen molar-refractivity contribution in [1.82, 2.24) is 5.32 Å². The molecule has 0 amide bonds. The average molecular weight is 693 g/mol. The maximum Gasteiger partial charge on any atom is 0.321 e. The molecule has 6 nitrogen and oxygen atoms in total. The Morgan fingerprint density at radius 2 is 1.81 bits per heavy atom. The van der Waals surface area contributed by atoms with Crippen LogP contribution in [-0.2, 0) is 16.0 Å². The standard InChI is InChI=1S/C17H14I3NO5/c18-11-8-10(1-2-15(11)23)26-16-12(19)5-9(6-13(16)20)7-14(17(24)25)21-3-4-22/h1-2,4-6,8,14,21,23H,3,7H2,(H,24,25). The van der Waals surface area contributed by atoms with Crippen LogP contribution in [0.1, 0.15) is 5.56 Å². The minimum atomic E-state index is -1.00. The lowest BCUT2D eigenvalue weighted by atomic mass is 10.1. The predicted octanol–water partition coefficient (Wildman–Crippen LogP) is 3.78. The van der Waals surface area contributed by atoms with Crippen LogP contribution in [0.4, 0.5) is 0 Å². The first-order chi connectivity index (χ1) is 12.3. The lowest BCUT2D eigenvalue weighted by molar-refractivity contribution is -0.139. The molecule has 9 heteroatoms. The second-order valence-electron chi connectivity index (χ2n) is 5.27. The van der Waals surface area contributed by atoms with Gasteiger partial charge < -0.3 is 19.7 Å². The molecule has 0 fully saturated rings. The smallest absolute Gasteiger partial charge is 0.321 e. The van der Waals surface area contributed by atoms with Gasteiger partial charge >= 0.3 is 5.97 Å². The molecule has 2 aromatic rings. The first-order valence-corrected chi connectivity index (χ1v) is 10.6. The van der Waals surface area contributed by atoms with E-state index in [4.69, 9.17) is 4.74 Å². The normalized spacial score (nSPS) is 11.8. The molecule has 1 unspecified atom stereocenters. The van der Waals surface area contributed by atoms with E-state index in [2.05, 4.69) is 50.5 Å². The number of hydrogen-bond acceptors (Lipinski definition) is 5. The van der Waals surface area contributed by atoms with Crippen molar-refractivity contribution < 1.29 is 24.5 Å². The van der Waals surface area contributed by atoms with Gasteiger partial charge in [-0.1, -0.05) is 0 Å². The second kappa shape index (κ2) is 10.0. The number of aromatic hydroxyl groups is 1. The number of carboxylic acids is 1. The maximum atomic E-state index is 11.3. The second-order valence-corrected chi connectivity index (χ2v) is 8.76. The van der Waals surface area contributed by atoms with Crippen molar-refractivity contribution in [3.05, 3.63) is 46.6 Å². The number of nitrogens with one attached hydrogen (secondary N) is 1. The van der Waals surface area contributed by atoms with Gasteiger partial charge in [-0.2, -0.15) is 0 Å². The van der Waals surface area contributed by atoms with Crippen LogP contribution in [-0.4, -0.2) is 35.1 Å². The van der Waals surface area contributed by atoms with Crippen molar-refractivity contribution in [2.75, 3.05) is 6.54 Å². The molecule has 138 valence electrons. The van der Waals surface area contributed by atoms with Gasteiger partial charge in [-0.3, -0.25) is 10.1 Å². The summed E-state index contributed by atoms with van der Waals surface area (Å²) in [7, 11) is 0. The molecule has 0 aliphatic heterocycles. The van der Waals surface area contributed by atoms with Crippen molar-refractivity contribution in [2.45, 2.75) is 12.5 Å². The monoisotopic (exact) mass is 693 g/mol. The molecule has 2 rings (SSSR count). The van der Waals surface area contributed by atoms with E-state index in [-0.39, 0.29) is 18.7 Å². The first kappa shape index (κ1) is 21.6. The van der Waals surface area contributed by atoms with E-state index < -0.39 is 12.0 Å². The molecular weight excluding hydrogens is 679 g/mol. The van der Waals surface area contributed by atoms with Crippen LogP contribution in [0.5, 0.6) is 17.2 Å². The van der Waals surface area contributed by atoms with Gasteiger partial charge in [0, 0.05) is 0 Å². The van der Waals surface area contributed by atoms with Crippen LogP contribution in [0.15, 0.2) is 30.3 Å². The quantitative estimate of drug-likeness (QED) is 0.288. The van der Waals surface area contributed by atoms with Crippen LogP contribution in [0, 0.1) is 10.7 Å². The van der Waals surface area contributed by atoms with E-state index in [0.717, 1.165) is 12.7 Å². The number of carbonyl (C=O) groups excluding carboxylic acids is 1. The number of rotatable bonds is 8. The van der Waals surface area contributed by atoms with Crippen LogP contribution in [0.2, 0.25) is 0 Å². The number of benzene rings is 2. The largest absolute Gasteiger partial charge is 0.507 e. The number of hydrogen-bond donors (Lipinski definition) is 3.